The quantitative estimate of drug-likeness (QED) is 0.579. The van der Waals surface area contributed by atoms with Crippen LogP contribution in [0.3, 0.4) is 0 Å². The first-order chi connectivity index (χ1) is 6.65. The molecule has 0 aliphatic heterocycles. The first-order valence-corrected chi connectivity index (χ1v) is 4.27. The minimum Gasteiger partial charge on any atom is -0.368 e. The average molecular weight is 217 g/mol. The van der Waals surface area contributed by atoms with Gasteiger partial charge in [-0.3, -0.25) is 10.1 Å². The fraction of sp³-hybridized carbons (Fsp3) is 0.286. The fourth-order valence-corrected chi connectivity index (χ4v) is 1.08. The van der Waals surface area contributed by atoms with Gasteiger partial charge in [0.25, 0.3) is 5.69 Å². The van der Waals surface area contributed by atoms with E-state index in [2.05, 4.69) is 10.3 Å². The van der Waals surface area contributed by atoms with Gasteiger partial charge in [-0.25, -0.2) is 4.98 Å². The second-order valence-electron chi connectivity index (χ2n) is 2.50. The Bertz CT molecular complexity index is 344. The number of aromatic nitrogens is 1. The molecule has 0 atom stereocenters. The molecule has 0 aromatic carbocycles. The number of hydrogen-bond acceptors (Lipinski definition) is 5. The Morgan fingerprint density at radius 2 is 2.43 bits per heavy atom. The monoisotopic (exact) mass is 216 g/mol. The van der Waals surface area contributed by atoms with Gasteiger partial charge in [-0.15, -0.1) is 0 Å². The number of halogens is 1. The van der Waals surface area contributed by atoms with Crippen molar-refractivity contribution < 1.29 is 4.92 Å². The summed E-state index contributed by atoms with van der Waals surface area (Å²) in [5, 5.41) is 13.4. The zero-order valence-corrected chi connectivity index (χ0v) is 7.99. The second kappa shape index (κ2) is 4.73. The van der Waals surface area contributed by atoms with Crippen LogP contribution in [-0.2, 0) is 0 Å². The summed E-state index contributed by atoms with van der Waals surface area (Å²) < 4.78 is 0. The van der Waals surface area contributed by atoms with Crippen LogP contribution < -0.4 is 11.1 Å². The molecular formula is C7H9ClN4O2. The van der Waals surface area contributed by atoms with Crippen molar-refractivity contribution in [2.24, 2.45) is 5.73 Å². The molecule has 6 nitrogen and oxygen atoms in total. The number of pyridine rings is 1. The molecular weight excluding hydrogens is 208 g/mol. The molecule has 0 saturated carbocycles. The minimum absolute atomic E-state index is 0.131. The van der Waals surface area contributed by atoms with Gasteiger partial charge in [0.2, 0.25) is 0 Å². The molecule has 0 amide bonds. The van der Waals surface area contributed by atoms with Crippen molar-refractivity contribution in [3.63, 3.8) is 0 Å². The van der Waals surface area contributed by atoms with Gasteiger partial charge in [-0.2, -0.15) is 0 Å². The lowest BCUT2D eigenvalue weighted by Gasteiger charge is -2.04. The zero-order valence-electron chi connectivity index (χ0n) is 7.24. The SMILES string of the molecule is NCCNc1ncc([N+](=O)[O-])cc1Cl. The van der Waals surface area contributed by atoms with E-state index in [1.807, 2.05) is 0 Å². The summed E-state index contributed by atoms with van der Waals surface area (Å²) >= 11 is 5.74. The van der Waals surface area contributed by atoms with Crippen LogP contribution in [0, 0.1) is 10.1 Å². The molecule has 0 aliphatic carbocycles. The maximum Gasteiger partial charge on any atom is 0.289 e. The molecule has 1 rings (SSSR count). The molecule has 0 saturated heterocycles. The number of nitrogens with one attached hydrogen (secondary N) is 1. The van der Waals surface area contributed by atoms with Gasteiger partial charge in [-0.1, -0.05) is 11.6 Å². The molecule has 1 heterocycles. The number of anilines is 1. The summed E-state index contributed by atoms with van der Waals surface area (Å²) in [5.74, 6) is 0.405. The van der Waals surface area contributed by atoms with Crippen molar-refractivity contribution >= 4 is 23.1 Å². The van der Waals surface area contributed by atoms with E-state index in [-0.39, 0.29) is 10.7 Å². The van der Waals surface area contributed by atoms with E-state index < -0.39 is 4.92 Å². The molecule has 14 heavy (non-hydrogen) atoms. The lowest BCUT2D eigenvalue weighted by Crippen LogP contribution is -2.14. The van der Waals surface area contributed by atoms with Crippen LogP contribution in [0.15, 0.2) is 12.3 Å². The first kappa shape index (κ1) is 10.7. The molecule has 0 aliphatic rings. The standard InChI is InChI=1S/C7H9ClN4O2/c8-6-3-5(12(13)14)4-11-7(6)10-2-1-9/h3-4H,1-2,9H2,(H,10,11). The van der Waals surface area contributed by atoms with Crippen LogP contribution >= 0.6 is 11.6 Å². The Hall–Kier alpha value is -1.40. The maximum absolute atomic E-state index is 10.3. The van der Waals surface area contributed by atoms with Crippen molar-refractivity contribution in [1.82, 2.24) is 4.98 Å². The van der Waals surface area contributed by atoms with Gasteiger partial charge in [-0.05, 0) is 0 Å². The van der Waals surface area contributed by atoms with Crippen molar-refractivity contribution in [2.75, 3.05) is 18.4 Å². The molecule has 76 valence electrons. The van der Waals surface area contributed by atoms with Crippen molar-refractivity contribution in [1.29, 1.82) is 0 Å². The Balaban J connectivity index is 2.84. The van der Waals surface area contributed by atoms with Gasteiger partial charge in [0.1, 0.15) is 12.0 Å². The summed E-state index contributed by atoms with van der Waals surface area (Å²) in [7, 11) is 0. The smallest absolute Gasteiger partial charge is 0.289 e. The fourth-order valence-electron chi connectivity index (χ4n) is 0.848. The molecule has 0 fully saturated rings. The zero-order chi connectivity index (χ0) is 10.6. The number of nitro groups is 1. The predicted molar refractivity (Wildman–Crippen MR) is 53.4 cm³/mol. The van der Waals surface area contributed by atoms with Crippen LogP contribution in [-0.4, -0.2) is 23.0 Å². The third kappa shape index (κ3) is 2.54. The van der Waals surface area contributed by atoms with E-state index in [1.54, 1.807) is 0 Å². The molecule has 0 spiro atoms. The molecule has 1 aromatic heterocycles. The summed E-state index contributed by atoms with van der Waals surface area (Å²) in [6.07, 6.45) is 1.14. The van der Waals surface area contributed by atoms with Crippen LogP contribution in [0.1, 0.15) is 0 Å². The minimum atomic E-state index is -0.550. The van der Waals surface area contributed by atoms with Gasteiger partial charge >= 0.3 is 0 Å². The average Bonchev–Trinajstić information content (AvgIpc) is 2.15. The summed E-state index contributed by atoms with van der Waals surface area (Å²) in [4.78, 5) is 13.6. The van der Waals surface area contributed by atoms with E-state index in [4.69, 9.17) is 17.3 Å². The largest absolute Gasteiger partial charge is 0.368 e. The normalized spacial score (nSPS) is 9.86. The summed E-state index contributed by atoms with van der Waals surface area (Å²) in [5.41, 5.74) is 5.13. The Labute approximate surface area is 85.2 Å². The Morgan fingerprint density at radius 3 is 2.93 bits per heavy atom. The highest BCUT2D eigenvalue weighted by Gasteiger charge is 2.09. The van der Waals surface area contributed by atoms with Gasteiger partial charge in [0.05, 0.1) is 9.95 Å². The number of nitrogens with zero attached hydrogens (tertiary/aromatic N) is 2. The van der Waals surface area contributed by atoms with Crippen LogP contribution in [0.5, 0.6) is 0 Å². The van der Waals surface area contributed by atoms with E-state index in [9.17, 15) is 10.1 Å². The Kier molecular flexibility index (Phi) is 3.61. The molecule has 3 N–H and O–H groups in total. The molecule has 0 unspecified atom stereocenters. The lowest BCUT2D eigenvalue weighted by atomic mass is 10.4. The number of rotatable bonds is 4. The van der Waals surface area contributed by atoms with Crippen molar-refractivity contribution in [2.45, 2.75) is 0 Å². The van der Waals surface area contributed by atoms with Crippen LogP contribution in [0.4, 0.5) is 11.5 Å². The van der Waals surface area contributed by atoms with Gasteiger partial charge < -0.3 is 11.1 Å². The molecule has 0 radical (unpaired) electrons. The number of nitrogens with two attached hydrogens (primary N) is 1. The highest BCUT2D eigenvalue weighted by Crippen LogP contribution is 2.23. The van der Waals surface area contributed by atoms with Crippen molar-refractivity contribution in [3.05, 3.63) is 27.4 Å². The third-order valence-electron chi connectivity index (χ3n) is 1.47. The van der Waals surface area contributed by atoms with Crippen LogP contribution in [0.2, 0.25) is 5.02 Å². The highest BCUT2D eigenvalue weighted by molar-refractivity contribution is 6.33. The maximum atomic E-state index is 10.3. The molecule has 0 bridgehead atoms. The topological polar surface area (TPSA) is 94.1 Å². The Morgan fingerprint density at radius 1 is 1.71 bits per heavy atom. The van der Waals surface area contributed by atoms with E-state index in [1.165, 1.54) is 6.07 Å². The van der Waals surface area contributed by atoms with E-state index >= 15 is 0 Å². The van der Waals surface area contributed by atoms with E-state index in [0.717, 1.165) is 6.20 Å². The second-order valence-corrected chi connectivity index (χ2v) is 2.90. The highest BCUT2D eigenvalue weighted by atomic mass is 35.5. The number of hydrogen-bond donors (Lipinski definition) is 2. The van der Waals surface area contributed by atoms with Gasteiger partial charge in [0.15, 0.2) is 0 Å². The van der Waals surface area contributed by atoms with Crippen LogP contribution in [0.25, 0.3) is 0 Å². The summed E-state index contributed by atoms with van der Waals surface area (Å²) in [6.45, 7) is 0.958. The summed E-state index contributed by atoms with van der Waals surface area (Å²) in [6, 6.07) is 1.24. The lowest BCUT2D eigenvalue weighted by molar-refractivity contribution is -0.385. The van der Waals surface area contributed by atoms with Crippen molar-refractivity contribution in [3.8, 4) is 0 Å². The third-order valence-corrected chi connectivity index (χ3v) is 1.76. The van der Waals surface area contributed by atoms with E-state index in [0.29, 0.717) is 18.9 Å². The van der Waals surface area contributed by atoms with Gasteiger partial charge in [0, 0.05) is 19.2 Å². The molecule has 7 heteroatoms. The first-order valence-electron chi connectivity index (χ1n) is 3.89. The molecule has 1 aromatic rings. The predicted octanol–water partition coefficient (Wildman–Crippen LogP) is 1.01.